The van der Waals surface area contributed by atoms with Gasteiger partial charge in [0.2, 0.25) is 0 Å². The molecule has 0 radical (unpaired) electrons. The number of aliphatic hydroxyl groups is 1. The summed E-state index contributed by atoms with van der Waals surface area (Å²) in [6, 6.07) is 10.5. The van der Waals surface area contributed by atoms with Gasteiger partial charge in [0.25, 0.3) is 0 Å². The van der Waals surface area contributed by atoms with Gasteiger partial charge in [-0.15, -0.1) is 5.54 Å². The van der Waals surface area contributed by atoms with Crippen molar-refractivity contribution in [3.63, 3.8) is 0 Å². The first-order valence-electron chi connectivity index (χ1n) is 4.74. The van der Waals surface area contributed by atoms with Crippen molar-refractivity contribution in [3.05, 3.63) is 41.2 Å². The summed E-state index contributed by atoms with van der Waals surface area (Å²) in [5, 5.41) is 11.3. The van der Waals surface area contributed by atoms with E-state index in [9.17, 15) is 0 Å². The maximum Gasteiger partial charge on any atom is 1.00 e. The Morgan fingerprint density at radius 1 is 1.13 bits per heavy atom. The van der Waals surface area contributed by atoms with E-state index < -0.39 is 0 Å². The molecule has 1 N–H and O–H groups in total. The van der Waals surface area contributed by atoms with Crippen LogP contribution in [0.3, 0.4) is 0 Å². The van der Waals surface area contributed by atoms with Gasteiger partial charge in [0, 0.05) is 7.11 Å². The molecule has 0 aliphatic rings. The number of nitrogens with zero attached hydrogens (tertiary/aromatic N) is 1. The van der Waals surface area contributed by atoms with E-state index in [1.165, 1.54) is 5.56 Å². The van der Waals surface area contributed by atoms with Crippen LogP contribution in [0.1, 0.15) is 19.4 Å². The minimum atomic E-state index is 0. The second-order valence-corrected chi connectivity index (χ2v) is 3.70. The average Bonchev–Trinajstić information content (AvgIpc) is 2.22. The molecule has 0 aromatic heterocycles. The van der Waals surface area contributed by atoms with E-state index in [-0.39, 0.29) is 63.7 Å². The number of likely N-dealkylation sites (N-methyl/N-ethyl adjacent to an activating group) is 1. The Balaban J connectivity index is 0. The minimum absolute atomic E-state index is 0. The van der Waals surface area contributed by atoms with E-state index in [2.05, 4.69) is 43.4 Å². The van der Waals surface area contributed by atoms with Gasteiger partial charge in [0.1, 0.15) is 0 Å². The predicted octanol–water partition coefficient (Wildman–Crippen LogP) is -0.376. The molecule has 0 spiro atoms. The molecule has 0 aliphatic carbocycles. The van der Waals surface area contributed by atoms with Gasteiger partial charge < -0.3 is 10.4 Å². The summed E-state index contributed by atoms with van der Waals surface area (Å²) in [7, 11) is 2.88. The van der Waals surface area contributed by atoms with Crippen LogP contribution in [0.5, 0.6) is 0 Å². The molecule has 0 bridgehead atoms. The van der Waals surface area contributed by atoms with Crippen molar-refractivity contribution in [1.29, 1.82) is 0 Å². The third-order valence-corrected chi connectivity index (χ3v) is 2.08. The van der Waals surface area contributed by atoms with Crippen LogP contribution in [0.25, 0.3) is 5.32 Å². The molecule has 0 aliphatic heterocycles. The zero-order valence-electron chi connectivity index (χ0n) is 10.5. The van der Waals surface area contributed by atoms with Gasteiger partial charge >= 0.3 is 58.2 Å². The topological polar surface area (TPSA) is 34.3 Å². The third-order valence-electron chi connectivity index (χ3n) is 2.08. The summed E-state index contributed by atoms with van der Waals surface area (Å²) < 4.78 is 0. The van der Waals surface area contributed by atoms with E-state index in [0.29, 0.717) is 0 Å². The molecule has 2 nitrogen and oxygen atoms in total. The van der Waals surface area contributed by atoms with Crippen molar-refractivity contribution in [2.24, 2.45) is 0 Å². The van der Waals surface area contributed by atoms with Crippen LogP contribution >= 0.6 is 0 Å². The number of aliphatic hydroxyl groups excluding tert-OH is 1. The first-order chi connectivity index (χ1) is 6.64. The van der Waals surface area contributed by atoms with Crippen molar-refractivity contribution in [1.82, 2.24) is 0 Å². The number of hydrogen-bond acceptors (Lipinski definition) is 1. The SMILES string of the molecule is CO.C[N-]C(C)(C)Cc1ccccc1.[Rb+]. The molecule has 0 heterocycles. The largest absolute Gasteiger partial charge is 1.00 e. The van der Waals surface area contributed by atoms with Crippen molar-refractivity contribution < 1.29 is 63.3 Å². The Morgan fingerprint density at radius 3 is 2.00 bits per heavy atom. The summed E-state index contributed by atoms with van der Waals surface area (Å²) in [6.45, 7) is 4.31. The maximum absolute atomic E-state index is 7.00. The Kier molecular flexibility index (Phi) is 12.4. The second kappa shape index (κ2) is 10.1. The van der Waals surface area contributed by atoms with Crippen LogP contribution in [0.4, 0.5) is 0 Å². The second-order valence-electron chi connectivity index (χ2n) is 3.70. The first kappa shape index (κ1) is 18.3. The van der Waals surface area contributed by atoms with Crippen molar-refractivity contribution in [2.45, 2.75) is 25.8 Å². The Bertz CT molecular complexity index is 237. The van der Waals surface area contributed by atoms with Crippen LogP contribution in [-0.2, 0) is 6.42 Å². The summed E-state index contributed by atoms with van der Waals surface area (Å²) in [5.41, 5.74) is 1.43. The smallest absolute Gasteiger partial charge is 0.660 e. The predicted molar refractivity (Wildman–Crippen MR) is 61.7 cm³/mol. The van der Waals surface area contributed by atoms with E-state index >= 15 is 0 Å². The molecule has 0 fully saturated rings. The van der Waals surface area contributed by atoms with Crippen LogP contribution in [0.15, 0.2) is 30.3 Å². The molecule has 0 atom stereocenters. The molecule has 3 heteroatoms. The van der Waals surface area contributed by atoms with Crippen molar-refractivity contribution in [3.8, 4) is 0 Å². The van der Waals surface area contributed by atoms with Crippen LogP contribution in [0, 0.1) is 0 Å². The van der Waals surface area contributed by atoms with E-state index in [4.69, 9.17) is 5.11 Å². The molecule has 0 amide bonds. The van der Waals surface area contributed by atoms with Gasteiger partial charge in [0.05, 0.1) is 0 Å². The van der Waals surface area contributed by atoms with Gasteiger partial charge in [-0.25, -0.2) is 0 Å². The molecule has 0 saturated heterocycles. The van der Waals surface area contributed by atoms with Crippen LogP contribution in [-0.4, -0.2) is 24.8 Å². The Labute approximate surface area is 142 Å². The molecule has 0 unspecified atom stereocenters. The Hall–Kier alpha value is 0.945. The zero-order chi connectivity index (χ0) is 11.0. The van der Waals surface area contributed by atoms with Crippen LogP contribution in [0.2, 0.25) is 0 Å². The molecule has 1 aromatic rings. The monoisotopic (exact) mass is 279 g/mol. The first-order valence-corrected chi connectivity index (χ1v) is 4.74. The Morgan fingerprint density at radius 2 is 1.60 bits per heavy atom. The van der Waals surface area contributed by atoms with E-state index in [1.54, 1.807) is 0 Å². The fraction of sp³-hybridized carbons (Fsp3) is 0.500. The fourth-order valence-corrected chi connectivity index (χ4v) is 1.17. The number of hydrogen-bond donors (Lipinski definition) is 1. The summed E-state index contributed by atoms with van der Waals surface area (Å²) in [5.74, 6) is 0. The molecule has 80 valence electrons. The molecule has 1 aromatic carbocycles. The van der Waals surface area contributed by atoms with E-state index in [1.807, 2.05) is 13.1 Å². The quantitative estimate of drug-likeness (QED) is 0.805. The summed E-state index contributed by atoms with van der Waals surface area (Å²) >= 11 is 0. The molecule has 15 heavy (non-hydrogen) atoms. The van der Waals surface area contributed by atoms with Crippen LogP contribution < -0.4 is 58.2 Å². The average molecular weight is 280 g/mol. The molecular weight excluding hydrogens is 260 g/mol. The molecule has 0 saturated carbocycles. The molecular formula is C12H20NORb. The summed E-state index contributed by atoms with van der Waals surface area (Å²) in [4.78, 5) is 0. The number of benzene rings is 1. The van der Waals surface area contributed by atoms with Gasteiger partial charge in [-0.1, -0.05) is 44.2 Å². The van der Waals surface area contributed by atoms with Gasteiger partial charge in [-0.05, 0) is 12.0 Å². The maximum atomic E-state index is 7.00. The summed E-state index contributed by atoms with van der Waals surface area (Å²) in [6.07, 6.45) is 1.02. The number of rotatable bonds is 3. The zero-order valence-corrected chi connectivity index (χ0v) is 15.4. The fourth-order valence-electron chi connectivity index (χ4n) is 1.17. The van der Waals surface area contributed by atoms with Gasteiger partial charge in [-0.3, -0.25) is 0 Å². The normalized spacial score (nSPS) is 9.67. The van der Waals surface area contributed by atoms with Crippen molar-refractivity contribution >= 4 is 0 Å². The third kappa shape index (κ3) is 8.72. The standard InChI is InChI=1S/C11H16N.CH4O.Rb/c1-11(2,12-3)9-10-7-5-4-6-8-10;1-2;/h4-8H,9H2,1-3H3;2H,1H3;/q-1;;+1. The van der Waals surface area contributed by atoms with Gasteiger partial charge in [0.15, 0.2) is 0 Å². The van der Waals surface area contributed by atoms with Crippen molar-refractivity contribution in [2.75, 3.05) is 14.2 Å². The minimum Gasteiger partial charge on any atom is -0.660 e. The molecule has 1 rings (SSSR count). The van der Waals surface area contributed by atoms with E-state index in [0.717, 1.165) is 13.5 Å². The van der Waals surface area contributed by atoms with Gasteiger partial charge in [-0.2, -0.15) is 7.05 Å².